The van der Waals surface area contributed by atoms with Crippen molar-refractivity contribution in [2.24, 2.45) is 0 Å². The lowest BCUT2D eigenvalue weighted by Crippen LogP contribution is -2.32. The summed E-state index contributed by atoms with van der Waals surface area (Å²) in [5, 5.41) is 2.89. The SMILES string of the molecule is CC(Sc1ccccc1)C(=O)NC(C)c1ccc(Cl)s1. The van der Waals surface area contributed by atoms with E-state index in [1.807, 2.05) is 56.3 Å². The molecule has 1 amide bonds. The lowest BCUT2D eigenvalue weighted by atomic mass is 10.2. The zero-order chi connectivity index (χ0) is 14.5. The standard InChI is InChI=1S/C15H16ClNOS2/c1-10(13-8-9-14(16)20-13)17-15(18)11(2)19-12-6-4-3-5-7-12/h3-11H,1-2H3,(H,17,18). The van der Waals surface area contributed by atoms with Crippen molar-refractivity contribution in [3.05, 3.63) is 51.7 Å². The van der Waals surface area contributed by atoms with E-state index >= 15 is 0 Å². The number of halogens is 1. The highest BCUT2D eigenvalue weighted by atomic mass is 35.5. The zero-order valence-corrected chi connectivity index (χ0v) is 13.7. The molecule has 2 unspecified atom stereocenters. The summed E-state index contributed by atoms with van der Waals surface area (Å²) < 4.78 is 0.743. The Morgan fingerprint density at radius 1 is 1.20 bits per heavy atom. The average Bonchev–Trinajstić information content (AvgIpc) is 2.86. The number of hydrogen-bond donors (Lipinski definition) is 1. The predicted molar refractivity (Wildman–Crippen MR) is 87.6 cm³/mol. The first-order valence-corrected chi connectivity index (χ1v) is 8.41. The van der Waals surface area contributed by atoms with Gasteiger partial charge in [0.2, 0.25) is 5.91 Å². The van der Waals surface area contributed by atoms with Crippen LogP contribution in [-0.4, -0.2) is 11.2 Å². The van der Waals surface area contributed by atoms with E-state index < -0.39 is 0 Å². The summed E-state index contributed by atoms with van der Waals surface area (Å²) in [5.41, 5.74) is 0. The van der Waals surface area contributed by atoms with Crippen LogP contribution >= 0.6 is 34.7 Å². The van der Waals surface area contributed by atoms with Gasteiger partial charge in [-0.05, 0) is 38.1 Å². The largest absolute Gasteiger partial charge is 0.348 e. The molecule has 2 nitrogen and oxygen atoms in total. The Labute approximate surface area is 132 Å². The van der Waals surface area contributed by atoms with E-state index in [0.717, 1.165) is 14.1 Å². The van der Waals surface area contributed by atoms with Crippen LogP contribution in [0.3, 0.4) is 0 Å². The summed E-state index contributed by atoms with van der Waals surface area (Å²) in [6.45, 7) is 3.89. The lowest BCUT2D eigenvalue weighted by molar-refractivity contribution is -0.120. The monoisotopic (exact) mass is 325 g/mol. The van der Waals surface area contributed by atoms with Crippen LogP contribution in [0.15, 0.2) is 47.4 Å². The van der Waals surface area contributed by atoms with Gasteiger partial charge in [0.25, 0.3) is 0 Å². The first-order valence-electron chi connectivity index (χ1n) is 6.33. The minimum Gasteiger partial charge on any atom is -0.348 e. The maximum atomic E-state index is 12.2. The maximum Gasteiger partial charge on any atom is 0.233 e. The molecule has 0 radical (unpaired) electrons. The Hall–Kier alpha value is -0.970. The van der Waals surface area contributed by atoms with E-state index in [-0.39, 0.29) is 17.2 Å². The highest BCUT2D eigenvalue weighted by molar-refractivity contribution is 8.00. The van der Waals surface area contributed by atoms with E-state index in [4.69, 9.17) is 11.6 Å². The molecule has 0 aliphatic carbocycles. The van der Waals surface area contributed by atoms with Gasteiger partial charge in [0, 0.05) is 9.77 Å². The first-order chi connectivity index (χ1) is 9.56. The molecule has 106 valence electrons. The molecule has 5 heteroatoms. The predicted octanol–water partition coefficient (Wildman–Crippen LogP) is 4.76. The number of thioether (sulfide) groups is 1. The van der Waals surface area contributed by atoms with Gasteiger partial charge in [0.1, 0.15) is 0 Å². The van der Waals surface area contributed by atoms with Crippen LogP contribution in [0.4, 0.5) is 0 Å². The Balaban J connectivity index is 1.91. The van der Waals surface area contributed by atoms with Gasteiger partial charge in [-0.25, -0.2) is 0 Å². The second-order valence-electron chi connectivity index (χ2n) is 4.45. The molecular weight excluding hydrogens is 310 g/mol. The fourth-order valence-corrected chi connectivity index (χ4v) is 3.68. The van der Waals surface area contributed by atoms with Crippen molar-refractivity contribution in [3.8, 4) is 0 Å². The third kappa shape index (κ3) is 4.27. The van der Waals surface area contributed by atoms with Gasteiger partial charge in [0.05, 0.1) is 15.6 Å². The molecular formula is C15H16ClNOS2. The minimum atomic E-state index is -0.129. The number of hydrogen-bond acceptors (Lipinski definition) is 3. The zero-order valence-electron chi connectivity index (χ0n) is 11.3. The van der Waals surface area contributed by atoms with Gasteiger partial charge >= 0.3 is 0 Å². The Morgan fingerprint density at radius 3 is 2.50 bits per heavy atom. The molecule has 0 aliphatic heterocycles. The van der Waals surface area contributed by atoms with Crippen molar-refractivity contribution in [1.82, 2.24) is 5.32 Å². The Kier molecular flexibility index (Phi) is 5.52. The molecule has 20 heavy (non-hydrogen) atoms. The summed E-state index contributed by atoms with van der Waals surface area (Å²) in [6, 6.07) is 13.7. The molecule has 0 saturated heterocycles. The number of carbonyl (C=O) groups excluding carboxylic acids is 1. The number of benzene rings is 1. The maximum absolute atomic E-state index is 12.2. The highest BCUT2D eigenvalue weighted by Crippen LogP contribution is 2.28. The van der Waals surface area contributed by atoms with Crippen molar-refractivity contribution in [2.45, 2.75) is 30.0 Å². The van der Waals surface area contributed by atoms with Crippen molar-refractivity contribution in [2.75, 3.05) is 0 Å². The Bertz CT molecular complexity index is 570. The van der Waals surface area contributed by atoms with Crippen LogP contribution in [0.1, 0.15) is 24.8 Å². The van der Waals surface area contributed by atoms with Crippen molar-refractivity contribution in [3.63, 3.8) is 0 Å². The van der Waals surface area contributed by atoms with Gasteiger partial charge in [-0.15, -0.1) is 23.1 Å². The first kappa shape index (κ1) is 15.4. The molecule has 0 spiro atoms. The summed E-state index contributed by atoms with van der Waals surface area (Å²) in [5.74, 6) is 0.0378. The number of nitrogens with one attached hydrogen (secondary N) is 1. The van der Waals surface area contributed by atoms with Crippen LogP contribution in [0.25, 0.3) is 0 Å². The molecule has 1 aromatic heterocycles. The number of rotatable bonds is 5. The number of carbonyl (C=O) groups is 1. The number of thiophene rings is 1. The molecule has 1 N–H and O–H groups in total. The van der Waals surface area contributed by atoms with Crippen LogP contribution in [0, 0.1) is 0 Å². The normalized spacial score (nSPS) is 13.8. The molecule has 0 fully saturated rings. The van der Waals surface area contributed by atoms with Gasteiger partial charge in [-0.1, -0.05) is 29.8 Å². The van der Waals surface area contributed by atoms with Crippen LogP contribution in [0.2, 0.25) is 4.34 Å². The van der Waals surface area contributed by atoms with E-state index in [0.29, 0.717) is 0 Å². The molecule has 0 bridgehead atoms. The minimum absolute atomic E-state index is 0.0150. The Morgan fingerprint density at radius 2 is 1.90 bits per heavy atom. The van der Waals surface area contributed by atoms with E-state index in [9.17, 15) is 4.79 Å². The molecule has 1 heterocycles. The third-order valence-corrected chi connectivity index (χ3v) is 5.33. The lowest BCUT2D eigenvalue weighted by Gasteiger charge is -2.16. The molecule has 0 saturated carbocycles. The second kappa shape index (κ2) is 7.16. The van der Waals surface area contributed by atoms with Crippen LogP contribution < -0.4 is 5.32 Å². The molecule has 1 aromatic carbocycles. The highest BCUT2D eigenvalue weighted by Gasteiger charge is 2.18. The quantitative estimate of drug-likeness (QED) is 0.803. The van der Waals surface area contributed by atoms with Crippen LogP contribution in [-0.2, 0) is 4.79 Å². The van der Waals surface area contributed by atoms with Gasteiger partial charge < -0.3 is 5.32 Å². The summed E-state index contributed by atoms with van der Waals surface area (Å²) in [7, 11) is 0. The fraction of sp³-hybridized carbons (Fsp3) is 0.267. The van der Waals surface area contributed by atoms with Crippen molar-refractivity contribution in [1.29, 1.82) is 0 Å². The fourth-order valence-electron chi connectivity index (χ4n) is 1.72. The summed E-state index contributed by atoms with van der Waals surface area (Å²) in [4.78, 5) is 14.3. The molecule has 2 atom stereocenters. The molecule has 0 aliphatic rings. The van der Waals surface area contributed by atoms with Crippen molar-refractivity contribution >= 4 is 40.6 Å². The smallest absolute Gasteiger partial charge is 0.233 e. The van der Waals surface area contributed by atoms with E-state index in [2.05, 4.69) is 5.32 Å². The molecule has 2 rings (SSSR count). The summed E-state index contributed by atoms with van der Waals surface area (Å²) in [6.07, 6.45) is 0. The van der Waals surface area contributed by atoms with Crippen molar-refractivity contribution < 1.29 is 4.79 Å². The van der Waals surface area contributed by atoms with Gasteiger partial charge in [-0.2, -0.15) is 0 Å². The molecule has 2 aromatic rings. The third-order valence-electron chi connectivity index (χ3n) is 2.80. The second-order valence-corrected chi connectivity index (χ2v) is 7.61. The summed E-state index contributed by atoms with van der Waals surface area (Å²) >= 11 is 8.97. The average molecular weight is 326 g/mol. The van der Waals surface area contributed by atoms with Gasteiger partial charge in [0.15, 0.2) is 0 Å². The van der Waals surface area contributed by atoms with E-state index in [1.54, 1.807) is 11.8 Å². The van der Waals surface area contributed by atoms with Gasteiger partial charge in [-0.3, -0.25) is 4.79 Å². The van der Waals surface area contributed by atoms with E-state index in [1.165, 1.54) is 11.3 Å². The van der Waals surface area contributed by atoms with Crippen LogP contribution in [0.5, 0.6) is 0 Å². The number of amides is 1. The topological polar surface area (TPSA) is 29.1 Å².